The van der Waals surface area contributed by atoms with Gasteiger partial charge >= 0.3 is 0 Å². The predicted molar refractivity (Wildman–Crippen MR) is 48.8 cm³/mol. The Morgan fingerprint density at radius 1 is 1.58 bits per heavy atom. The van der Waals surface area contributed by atoms with Crippen molar-refractivity contribution in [2.24, 2.45) is 5.92 Å². The van der Waals surface area contributed by atoms with E-state index in [0.29, 0.717) is 18.8 Å². The predicted octanol–water partition coefficient (Wildman–Crippen LogP) is 1.48. The summed E-state index contributed by atoms with van der Waals surface area (Å²) in [5.41, 5.74) is 0.575. The highest BCUT2D eigenvalue weighted by Crippen LogP contribution is 2.30. The Balaban J connectivity index is 2.58. The molecule has 12 heavy (non-hydrogen) atoms. The Kier molecular flexibility index (Phi) is 2.91. The molecule has 0 fully saturated rings. The molecule has 2 nitrogen and oxygen atoms in total. The minimum atomic E-state index is -0.835. The van der Waals surface area contributed by atoms with Crippen LogP contribution in [-0.4, -0.2) is 22.4 Å². The Morgan fingerprint density at radius 3 is 2.58 bits per heavy atom. The molecule has 0 aromatic heterocycles. The monoisotopic (exact) mass is 170 g/mol. The lowest BCUT2D eigenvalue weighted by atomic mass is 9.82. The fraction of sp³-hybridized carbons (Fsp3) is 0.800. The number of rotatable bonds is 2. The molecule has 2 N–H and O–H groups in total. The van der Waals surface area contributed by atoms with E-state index in [2.05, 4.69) is 19.9 Å². The summed E-state index contributed by atoms with van der Waals surface area (Å²) in [5.74, 6) is 0.577. The molecule has 1 aliphatic carbocycles. The van der Waals surface area contributed by atoms with Crippen molar-refractivity contribution in [1.29, 1.82) is 0 Å². The minimum Gasteiger partial charge on any atom is -0.393 e. The van der Waals surface area contributed by atoms with Crippen molar-refractivity contribution in [2.75, 3.05) is 6.61 Å². The molecule has 0 saturated heterocycles. The topological polar surface area (TPSA) is 40.5 Å². The van der Waals surface area contributed by atoms with Gasteiger partial charge < -0.3 is 10.2 Å². The van der Waals surface area contributed by atoms with Crippen molar-refractivity contribution >= 4 is 0 Å². The van der Waals surface area contributed by atoms with Crippen LogP contribution in [0, 0.1) is 5.92 Å². The molecular formula is C10H18O2. The average molecular weight is 170 g/mol. The maximum absolute atomic E-state index is 9.68. The van der Waals surface area contributed by atoms with Crippen LogP contribution in [0.4, 0.5) is 0 Å². The Bertz CT molecular complexity index is 184. The summed E-state index contributed by atoms with van der Waals surface area (Å²) in [6.45, 7) is 4.21. The molecule has 0 aliphatic heterocycles. The number of hydrogen-bond acceptors (Lipinski definition) is 2. The van der Waals surface area contributed by atoms with Crippen LogP contribution in [-0.2, 0) is 0 Å². The van der Waals surface area contributed by atoms with Gasteiger partial charge in [-0.25, -0.2) is 0 Å². The first-order chi connectivity index (χ1) is 5.57. The summed E-state index contributed by atoms with van der Waals surface area (Å²) < 4.78 is 0. The normalized spacial score (nSPS) is 30.6. The summed E-state index contributed by atoms with van der Waals surface area (Å²) >= 11 is 0. The standard InChI is InChI=1S/C10H18O2/c1-8(2)9-3-5-10(12,7-11)6-4-9/h3,8,11-12H,4-7H2,1-2H3. The Morgan fingerprint density at radius 2 is 2.25 bits per heavy atom. The van der Waals surface area contributed by atoms with E-state index in [-0.39, 0.29) is 6.61 Å². The lowest BCUT2D eigenvalue weighted by molar-refractivity contribution is -0.0226. The molecular weight excluding hydrogens is 152 g/mol. The second-order valence-electron chi connectivity index (χ2n) is 4.02. The van der Waals surface area contributed by atoms with Crippen LogP contribution in [0.2, 0.25) is 0 Å². The van der Waals surface area contributed by atoms with Gasteiger partial charge in [0.25, 0.3) is 0 Å². The SMILES string of the molecule is CC(C)C1=CCC(O)(CO)CC1. The van der Waals surface area contributed by atoms with Crippen LogP contribution >= 0.6 is 0 Å². The average Bonchev–Trinajstić information content (AvgIpc) is 2.05. The molecule has 0 radical (unpaired) electrons. The number of hydrogen-bond donors (Lipinski definition) is 2. The van der Waals surface area contributed by atoms with Crippen molar-refractivity contribution < 1.29 is 10.2 Å². The second-order valence-corrected chi connectivity index (χ2v) is 4.02. The van der Waals surface area contributed by atoms with Crippen LogP contribution in [0.15, 0.2) is 11.6 Å². The van der Waals surface area contributed by atoms with Gasteiger partial charge in [0, 0.05) is 0 Å². The van der Waals surface area contributed by atoms with E-state index in [0.717, 1.165) is 6.42 Å². The van der Waals surface area contributed by atoms with Gasteiger partial charge in [-0.3, -0.25) is 0 Å². The van der Waals surface area contributed by atoms with Crippen molar-refractivity contribution in [3.05, 3.63) is 11.6 Å². The molecule has 0 aromatic rings. The second kappa shape index (κ2) is 3.58. The summed E-state index contributed by atoms with van der Waals surface area (Å²) in [4.78, 5) is 0. The van der Waals surface area contributed by atoms with Crippen LogP contribution in [0.25, 0.3) is 0 Å². The smallest absolute Gasteiger partial charge is 0.0914 e. The van der Waals surface area contributed by atoms with E-state index in [9.17, 15) is 5.11 Å². The van der Waals surface area contributed by atoms with Gasteiger partial charge in [0.05, 0.1) is 12.2 Å². The maximum Gasteiger partial charge on any atom is 0.0914 e. The highest BCUT2D eigenvalue weighted by molar-refractivity contribution is 5.12. The van der Waals surface area contributed by atoms with E-state index in [1.807, 2.05) is 0 Å². The minimum absolute atomic E-state index is 0.116. The summed E-state index contributed by atoms with van der Waals surface area (Å²) in [6, 6.07) is 0. The van der Waals surface area contributed by atoms with Gasteiger partial charge in [-0.05, 0) is 25.2 Å². The fourth-order valence-corrected chi connectivity index (χ4v) is 1.57. The molecule has 1 aliphatic rings. The highest BCUT2D eigenvalue weighted by Gasteiger charge is 2.28. The largest absolute Gasteiger partial charge is 0.393 e. The number of allylic oxidation sites excluding steroid dienone is 1. The number of aliphatic hydroxyl groups excluding tert-OH is 1. The first-order valence-corrected chi connectivity index (χ1v) is 4.59. The van der Waals surface area contributed by atoms with Gasteiger partial charge in [-0.2, -0.15) is 0 Å². The van der Waals surface area contributed by atoms with Gasteiger partial charge in [-0.1, -0.05) is 25.5 Å². The zero-order valence-corrected chi connectivity index (χ0v) is 7.88. The van der Waals surface area contributed by atoms with Crippen molar-refractivity contribution in [2.45, 2.75) is 38.7 Å². The number of aliphatic hydroxyl groups is 2. The molecule has 0 heterocycles. The van der Waals surface area contributed by atoms with Crippen LogP contribution < -0.4 is 0 Å². The Labute approximate surface area is 73.9 Å². The van der Waals surface area contributed by atoms with Gasteiger partial charge in [0.1, 0.15) is 0 Å². The fourth-order valence-electron chi connectivity index (χ4n) is 1.57. The summed E-state index contributed by atoms with van der Waals surface area (Å²) in [7, 11) is 0. The van der Waals surface area contributed by atoms with E-state index in [1.165, 1.54) is 5.57 Å². The van der Waals surface area contributed by atoms with Crippen LogP contribution in [0.3, 0.4) is 0 Å². The maximum atomic E-state index is 9.68. The molecule has 0 amide bonds. The third kappa shape index (κ3) is 2.08. The molecule has 2 heteroatoms. The first kappa shape index (κ1) is 9.75. The summed E-state index contributed by atoms with van der Waals surface area (Å²) in [5, 5.41) is 18.6. The van der Waals surface area contributed by atoms with E-state index >= 15 is 0 Å². The van der Waals surface area contributed by atoms with Crippen LogP contribution in [0.5, 0.6) is 0 Å². The third-order valence-corrected chi connectivity index (χ3v) is 2.66. The highest BCUT2D eigenvalue weighted by atomic mass is 16.3. The van der Waals surface area contributed by atoms with E-state index in [1.54, 1.807) is 0 Å². The first-order valence-electron chi connectivity index (χ1n) is 4.59. The molecule has 0 saturated carbocycles. The molecule has 0 spiro atoms. The lowest BCUT2D eigenvalue weighted by Crippen LogP contribution is -2.34. The Hall–Kier alpha value is -0.340. The molecule has 1 atom stereocenters. The molecule has 1 unspecified atom stereocenters. The van der Waals surface area contributed by atoms with E-state index < -0.39 is 5.60 Å². The van der Waals surface area contributed by atoms with Crippen molar-refractivity contribution in [3.63, 3.8) is 0 Å². The van der Waals surface area contributed by atoms with Crippen molar-refractivity contribution in [1.82, 2.24) is 0 Å². The van der Waals surface area contributed by atoms with Gasteiger partial charge in [-0.15, -0.1) is 0 Å². The zero-order chi connectivity index (χ0) is 9.19. The molecule has 1 rings (SSSR count). The van der Waals surface area contributed by atoms with Crippen LogP contribution in [0.1, 0.15) is 33.1 Å². The lowest BCUT2D eigenvalue weighted by Gasteiger charge is -2.30. The summed E-state index contributed by atoms with van der Waals surface area (Å²) in [6.07, 6.45) is 4.31. The van der Waals surface area contributed by atoms with Crippen molar-refractivity contribution in [3.8, 4) is 0 Å². The van der Waals surface area contributed by atoms with Gasteiger partial charge in [0.15, 0.2) is 0 Å². The quantitative estimate of drug-likeness (QED) is 0.616. The zero-order valence-electron chi connectivity index (χ0n) is 7.88. The van der Waals surface area contributed by atoms with Gasteiger partial charge in [0.2, 0.25) is 0 Å². The third-order valence-electron chi connectivity index (χ3n) is 2.66. The van der Waals surface area contributed by atoms with E-state index in [4.69, 9.17) is 5.11 Å². The molecule has 0 aromatic carbocycles. The molecule has 0 bridgehead atoms. The molecule has 70 valence electrons.